The standard InChI is InChI=1S/C23H17FN6/c24-18-6-4-17(5-7-18)22-21(20-3-1-2-14-30(20)29-22)19-10-13-26-23(28-19)27-15-16-8-11-25-12-9-16/h1-14H,15H2,(H,26,27,28). The van der Waals surface area contributed by atoms with Gasteiger partial charge in [-0.3, -0.25) is 4.98 Å². The molecular weight excluding hydrogens is 379 g/mol. The van der Waals surface area contributed by atoms with E-state index in [9.17, 15) is 4.39 Å². The van der Waals surface area contributed by atoms with Crippen LogP contribution in [0.25, 0.3) is 28.0 Å². The number of nitrogens with zero attached hydrogens (tertiary/aromatic N) is 5. The van der Waals surface area contributed by atoms with Crippen LogP contribution in [-0.4, -0.2) is 24.6 Å². The van der Waals surface area contributed by atoms with Crippen LogP contribution in [0.2, 0.25) is 0 Å². The predicted octanol–water partition coefficient (Wildman–Crippen LogP) is 4.60. The number of aromatic nitrogens is 5. The molecule has 0 saturated carbocycles. The van der Waals surface area contributed by atoms with Gasteiger partial charge in [-0.15, -0.1) is 0 Å². The van der Waals surface area contributed by atoms with Crippen LogP contribution in [-0.2, 0) is 6.54 Å². The van der Waals surface area contributed by atoms with Crippen molar-refractivity contribution in [2.24, 2.45) is 0 Å². The smallest absolute Gasteiger partial charge is 0.223 e. The van der Waals surface area contributed by atoms with Crippen LogP contribution in [0.5, 0.6) is 0 Å². The molecule has 0 aliphatic heterocycles. The zero-order chi connectivity index (χ0) is 20.3. The van der Waals surface area contributed by atoms with E-state index in [0.29, 0.717) is 12.5 Å². The van der Waals surface area contributed by atoms with E-state index >= 15 is 0 Å². The number of anilines is 1. The Balaban J connectivity index is 1.57. The van der Waals surface area contributed by atoms with E-state index in [1.54, 1.807) is 35.2 Å². The second-order valence-corrected chi connectivity index (χ2v) is 6.74. The van der Waals surface area contributed by atoms with Gasteiger partial charge in [-0.2, -0.15) is 5.10 Å². The van der Waals surface area contributed by atoms with Gasteiger partial charge in [-0.25, -0.2) is 18.9 Å². The topological polar surface area (TPSA) is 68.0 Å². The molecule has 30 heavy (non-hydrogen) atoms. The van der Waals surface area contributed by atoms with Crippen molar-refractivity contribution in [3.05, 3.63) is 96.8 Å². The number of rotatable bonds is 5. The highest BCUT2D eigenvalue weighted by atomic mass is 19.1. The van der Waals surface area contributed by atoms with Gasteiger partial charge in [0.15, 0.2) is 0 Å². The van der Waals surface area contributed by atoms with Gasteiger partial charge in [-0.05, 0) is 60.2 Å². The Morgan fingerprint density at radius 1 is 0.900 bits per heavy atom. The van der Waals surface area contributed by atoms with E-state index in [0.717, 1.165) is 33.6 Å². The number of pyridine rings is 2. The largest absolute Gasteiger partial charge is 0.350 e. The number of hydrogen-bond acceptors (Lipinski definition) is 5. The van der Waals surface area contributed by atoms with Crippen LogP contribution in [0, 0.1) is 5.82 Å². The average Bonchev–Trinajstić information content (AvgIpc) is 3.19. The minimum atomic E-state index is -0.284. The third-order valence-corrected chi connectivity index (χ3v) is 4.77. The van der Waals surface area contributed by atoms with Crippen molar-refractivity contribution in [2.45, 2.75) is 6.54 Å². The molecule has 0 radical (unpaired) electrons. The molecule has 1 aromatic carbocycles. The second-order valence-electron chi connectivity index (χ2n) is 6.74. The molecule has 0 saturated heterocycles. The minimum absolute atomic E-state index is 0.284. The summed E-state index contributed by atoms with van der Waals surface area (Å²) in [5.74, 6) is 0.235. The van der Waals surface area contributed by atoms with Crippen LogP contribution >= 0.6 is 0 Å². The lowest BCUT2D eigenvalue weighted by Crippen LogP contribution is -2.04. The van der Waals surface area contributed by atoms with Crippen LogP contribution in [0.4, 0.5) is 10.3 Å². The van der Waals surface area contributed by atoms with E-state index < -0.39 is 0 Å². The van der Waals surface area contributed by atoms with E-state index in [1.807, 2.05) is 42.6 Å². The summed E-state index contributed by atoms with van der Waals surface area (Å²) < 4.78 is 15.3. The van der Waals surface area contributed by atoms with Gasteiger partial charge in [0.25, 0.3) is 0 Å². The Morgan fingerprint density at radius 3 is 2.57 bits per heavy atom. The normalized spacial score (nSPS) is 11.0. The maximum Gasteiger partial charge on any atom is 0.223 e. The summed E-state index contributed by atoms with van der Waals surface area (Å²) in [6.07, 6.45) is 7.11. The fraction of sp³-hybridized carbons (Fsp3) is 0.0435. The van der Waals surface area contributed by atoms with Crippen molar-refractivity contribution in [1.29, 1.82) is 0 Å². The Labute approximate surface area is 172 Å². The number of halogens is 1. The van der Waals surface area contributed by atoms with E-state index in [1.165, 1.54) is 12.1 Å². The molecule has 0 aliphatic carbocycles. The number of hydrogen-bond donors (Lipinski definition) is 1. The lowest BCUT2D eigenvalue weighted by atomic mass is 10.0. The lowest BCUT2D eigenvalue weighted by molar-refractivity contribution is 0.628. The SMILES string of the molecule is Fc1ccc(-c2nn3ccccc3c2-c2ccnc(NCc3ccncc3)n2)cc1. The van der Waals surface area contributed by atoms with Crippen molar-refractivity contribution in [1.82, 2.24) is 24.6 Å². The fourth-order valence-corrected chi connectivity index (χ4v) is 3.33. The first-order chi connectivity index (χ1) is 14.8. The van der Waals surface area contributed by atoms with E-state index in [4.69, 9.17) is 10.1 Å². The van der Waals surface area contributed by atoms with Crippen molar-refractivity contribution in [3.63, 3.8) is 0 Å². The summed E-state index contributed by atoms with van der Waals surface area (Å²) in [7, 11) is 0. The monoisotopic (exact) mass is 396 g/mol. The molecule has 7 heteroatoms. The minimum Gasteiger partial charge on any atom is -0.350 e. The molecule has 0 unspecified atom stereocenters. The summed E-state index contributed by atoms with van der Waals surface area (Å²) in [5, 5.41) is 7.97. The summed E-state index contributed by atoms with van der Waals surface area (Å²) >= 11 is 0. The molecule has 0 spiro atoms. The first-order valence-corrected chi connectivity index (χ1v) is 9.47. The molecule has 0 atom stereocenters. The van der Waals surface area contributed by atoms with Crippen LogP contribution in [0.3, 0.4) is 0 Å². The molecule has 4 aromatic heterocycles. The summed E-state index contributed by atoms with van der Waals surface area (Å²) in [6, 6.07) is 17.9. The van der Waals surface area contributed by atoms with Gasteiger partial charge in [0.2, 0.25) is 5.95 Å². The highest BCUT2D eigenvalue weighted by Crippen LogP contribution is 2.34. The Bertz CT molecular complexity index is 1300. The fourth-order valence-electron chi connectivity index (χ4n) is 3.33. The van der Waals surface area contributed by atoms with Crippen LogP contribution < -0.4 is 5.32 Å². The first kappa shape index (κ1) is 17.9. The maximum absolute atomic E-state index is 13.4. The van der Waals surface area contributed by atoms with Gasteiger partial charge < -0.3 is 5.32 Å². The Morgan fingerprint density at radius 2 is 1.73 bits per heavy atom. The molecule has 5 rings (SSSR count). The number of fused-ring (bicyclic) bond motifs is 1. The van der Waals surface area contributed by atoms with Gasteiger partial charge in [0, 0.05) is 36.9 Å². The molecule has 146 valence electrons. The predicted molar refractivity (Wildman–Crippen MR) is 113 cm³/mol. The summed E-state index contributed by atoms with van der Waals surface area (Å²) in [6.45, 7) is 0.589. The first-order valence-electron chi connectivity index (χ1n) is 9.47. The average molecular weight is 396 g/mol. The molecule has 0 amide bonds. The second kappa shape index (κ2) is 7.71. The van der Waals surface area contributed by atoms with Gasteiger partial charge in [-0.1, -0.05) is 6.07 Å². The molecule has 1 N–H and O–H groups in total. The molecular formula is C23H17FN6. The number of nitrogens with one attached hydrogen (secondary N) is 1. The van der Waals surface area contributed by atoms with Crippen molar-refractivity contribution in [3.8, 4) is 22.5 Å². The Hall–Kier alpha value is -4.13. The third-order valence-electron chi connectivity index (χ3n) is 4.77. The van der Waals surface area contributed by atoms with Crippen molar-refractivity contribution < 1.29 is 4.39 Å². The zero-order valence-corrected chi connectivity index (χ0v) is 15.9. The van der Waals surface area contributed by atoms with Gasteiger partial charge >= 0.3 is 0 Å². The van der Waals surface area contributed by atoms with Gasteiger partial charge in [0.1, 0.15) is 11.5 Å². The van der Waals surface area contributed by atoms with Gasteiger partial charge in [0.05, 0.1) is 16.8 Å². The van der Waals surface area contributed by atoms with E-state index in [-0.39, 0.29) is 5.82 Å². The lowest BCUT2D eigenvalue weighted by Gasteiger charge is -2.07. The quantitative estimate of drug-likeness (QED) is 0.470. The molecule has 0 bridgehead atoms. The maximum atomic E-state index is 13.4. The highest BCUT2D eigenvalue weighted by Gasteiger charge is 2.18. The molecule has 6 nitrogen and oxygen atoms in total. The van der Waals surface area contributed by atoms with E-state index in [2.05, 4.69) is 15.3 Å². The molecule has 5 aromatic rings. The van der Waals surface area contributed by atoms with Crippen molar-refractivity contribution >= 4 is 11.5 Å². The van der Waals surface area contributed by atoms with Crippen molar-refractivity contribution in [2.75, 3.05) is 5.32 Å². The Kier molecular flexibility index (Phi) is 4.61. The molecule has 4 heterocycles. The molecule has 0 aliphatic rings. The highest BCUT2D eigenvalue weighted by molar-refractivity contribution is 5.90. The summed E-state index contributed by atoms with van der Waals surface area (Å²) in [5.41, 5.74) is 5.16. The van der Waals surface area contributed by atoms with Crippen LogP contribution in [0.1, 0.15) is 5.56 Å². The number of benzene rings is 1. The zero-order valence-electron chi connectivity index (χ0n) is 15.9. The van der Waals surface area contributed by atoms with Crippen LogP contribution in [0.15, 0.2) is 85.5 Å². The third kappa shape index (κ3) is 3.48. The molecule has 0 fully saturated rings. The summed E-state index contributed by atoms with van der Waals surface area (Å²) in [4.78, 5) is 13.1.